The fraction of sp³-hybridized carbons (Fsp3) is 0.467. The summed E-state index contributed by atoms with van der Waals surface area (Å²) in [6.07, 6.45) is 1.41. The smallest absolute Gasteiger partial charge is 0.326 e. The van der Waals surface area contributed by atoms with Crippen LogP contribution in [0.15, 0.2) is 30.3 Å². The van der Waals surface area contributed by atoms with Gasteiger partial charge in [0.25, 0.3) is 0 Å². The van der Waals surface area contributed by atoms with Crippen molar-refractivity contribution in [1.29, 1.82) is 0 Å². The highest BCUT2D eigenvalue weighted by Gasteiger charge is 2.24. The summed E-state index contributed by atoms with van der Waals surface area (Å²) in [5, 5.41) is 14.3. The maximum Gasteiger partial charge on any atom is 0.326 e. The monoisotopic (exact) mass is 278 g/mol. The van der Waals surface area contributed by atoms with Gasteiger partial charge >= 0.3 is 12.0 Å². The van der Waals surface area contributed by atoms with Crippen molar-refractivity contribution in [2.75, 3.05) is 6.54 Å². The summed E-state index contributed by atoms with van der Waals surface area (Å²) < 4.78 is 0. The molecule has 0 aromatic heterocycles. The van der Waals surface area contributed by atoms with Crippen molar-refractivity contribution < 1.29 is 14.7 Å². The predicted octanol–water partition coefficient (Wildman–Crippen LogP) is 2.03. The van der Waals surface area contributed by atoms with Gasteiger partial charge in [0.2, 0.25) is 0 Å². The fourth-order valence-corrected chi connectivity index (χ4v) is 1.84. The molecule has 1 aromatic rings. The second-order valence-electron chi connectivity index (χ2n) is 4.84. The van der Waals surface area contributed by atoms with Gasteiger partial charge in [-0.1, -0.05) is 50.6 Å². The summed E-state index contributed by atoms with van der Waals surface area (Å²) in [5.74, 6) is -1.11. The van der Waals surface area contributed by atoms with Gasteiger partial charge in [0.05, 0.1) is 0 Å². The molecule has 5 nitrogen and oxygen atoms in total. The second-order valence-corrected chi connectivity index (χ2v) is 4.84. The normalized spacial score (nSPS) is 13.3. The molecule has 5 heteroatoms. The van der Waals surface area contributed by atoms with Crippen molar-refractivity contribution in [3.8, 4) is 0 Å². The molecule has 0 saturated heterocycles. The van der Waals surface area contributed by atoms with E-state index in [1.807, 2.05) is 44.2 Å². The first-order valence-corrected chi connectivity index (χ1v) is 6.85. The topological polar surface area (TPSA) is 78.4 Å². The van der Waals surface area contributed by atoms with Gasteiger partial charge in [-0.3, -0.25) is 0 Å². The lowest BCUT2D eigenvalue weighted by molar-refractivity contribution is -0.140. The number of urea groups is 1. The Hall–Kier alpha value is -2.04. The number of benzene rings is 1. The highest BCUT2D eigenvalue weighted by atomic mass is 16.4. The summed E-state index contributed by atoms with van der Waals surface area (Å²) >= 11 is 0. The third-order valence-corrected chi connectivity index (χ3v) is 3.31. The minimum Gasteiger partial charge on any atom is -0.480 e. The molecule has 0 aliphatic carbocycles. The number of rotatable bonds is 7. The first kappa shape index (κ1) is 16.0. The van der Waals surface area contributed by atoms with Crippen LogP contribution < -0.4 is 10.6 Å². The third kappa shape index (κ3) is 5.30. The Bertz CT molecular complexity index is 434. The van der Waals surface area contributed by atoms with Crippen molar-refractivity contribution >= 4 is 12.0 Å². The van der Waals surface area contributed by atoms with Crippen molar-refractivity contribution in [1.82, 2.24) is 10.6 Å². The molecule has 2 atom stereocenters. The van der Waals surface area contributed by atoms with Crippen LogP contribution in [0.3, 0.4) is 0 Å². The number of carbonyl (C=O) groups is 2. The Labute approximate surface area is 119 Å². The van der Waals surface area contributed by atoms with E-state index in [2.05, 4.69) is 10.6 Å². The molecule has 0 aliphatic rings. The maximum absolute atomic E-state index is 11.7. The molecule has 3 N–H and O–H groups in total. The zero-order valence-corrected chi connectivity index (χ0v) is 11.9. The molecule has 0 spiro atoms. The molecule has 0 saturated carbocycles. The van der Waals surface area contributed by atoms with Gasteiger partial charge < -0.3 is 15.7 Å². The molecule has 110 valence electrons. The van der Waals surface area contributed by atoms with Crippen LogP contribution in [0.5, 0.6) is 0 Å². The summed E-state index contributed by atoms with van der Waals surface area (Å²) in [6, 6.07) is 8.51. The number of nitrogens with one attached hydrogen (secondary N) is 2. The first-order valence-electron chi connectivity index (χ1n) is 6.85. The van der Waals surface area contributed by atoms with Crippen molar-refractivity contribution in [2.24, 2.45) is 5.92 Å². The molecule has 0 bridgehead atoms. The number of carboxylic acids is 1. The van der Waals surface area contributed by atoms with Crippen LogP contribution in [0.25, 0.3) is 0 Å². The minimum absolute atomic E-state index is 0.104. The number of hydrogen-bond acceptors (Lipinski definition) is 2. The fourth-order valence-electron chi connectivity index (χ4n) is 1.84. The highest BCUT2D eigenvalue weighted by Crippen LogP contribution is 2.07. The Kier molecular flexibility index (Phi) is 6.56. The number of hydrogen-bond donors (Lipinski definition) is 3. The van der Waals surface area contributed by atoms with E-state index in [0.717, 1.165) is 12.0 Å². The quantitative estimate of drug-likeness (QED) is 0.714. The first-order chi connectivity index (χ1) is 9.54. The van der Waals surface area contributed by atoms with Crippen molar-refractivity contribution in [3.63, 3.8) is 0 Å². The molecular formula is C15H22N2O3. The van der Waals surface area contributed by atoms with E-state index in [4.69, 9.17) is 5.11 Å². The Balaban J connectivity index is 2.37. The Morgan fingerprint density at radius 1 is 1.25 bits per heavy atom. The average molecular weight is 278 g/mol. The maximum atomic E-state index is 11.7. The van der Waals surface area contributed by atoms with Crippen LogP contribution >= 0.6 is 0 Å². The predicted molar refractivity (Wildman–Crippen MR) is 77.6 cm³/mol. The van der Waals surface area contributed by atoms with Crippen LogP contribution in [-0.2, 0) is 11.2 Å². The summed E-state index contributed by atoms with van der Waals surface area (Å²) in [6.45, 7) is 4.18. The molecule has 0 radical (unpaired) electrons. The Morgan fingerprint density at radius 2 is 1.90 bits per heavy atom. The van der Waals surface area contributed by atoms with Gasteiger partial charge in [0.15, 0.2) is 0 Å². The van der Waals surface area contributed by atoms with Crippen LogP contribution in [-0.4, -0.2) is 29.7 Å². The molecule has 2 amide bonds. The summed E-state index contributed by atoms with van der Waals surface area (Å²) in [5.41, 5.74) is 1.13. The largest absolute Gasteiger partial charge is 0.480 e. The van der Waals surface area contributed by atoms with E-state index < -0.39 is 18.0 Å². The second kappa shape index (κ2) is 8.19. The zero-order valence-electron chi connectivity index (χ0n) is 11.9. The lowest BCUT2D eigenvalue weighted by Gasteiger charge is -2.20. The molecular weight excluding hydrogens is 256 g/mol. The van der Waals surface area contributed by atoms with Crippen LogP contribution in [0.4, 0.5) is 4.79 Å². The van der Waals surface area contributed by atoms with Gasteiger partial charge in [0, 0.05) is 6.54 Å². The van der Waals surface area contributed by atoms with E-state index in [-0.39, 0.29) is 5.92 Å². The molecule has 1 rings (SSSR count). The van der Waals surface area contributed by atoms with E-state index in [9.17, 15) is 9.59 Å². The number of amides is 2. The zero-order chi connectivity index (χ0) is 15.0. The van der Waals surface area contributed by atoms with Gasteiger partial charge in [0.1, 0.15) is 6.04 Å². The van der Waals surface area contributed by atoms with E-state index in [0.29, 0.717) is 13.0 Å². The number of aliphatic carboxylic acids is 1. The Morgan fingerprint density at radius 3 is 2.45 bits per heavy atom. The average Bonchev–Trinajstić information content (AvgIpc) is 2.45. The molecule has 20 heavy (non-hydrogen) atoms. The highest BCUT2D eigenvalue weighted by molar-refractivity contribution is 5.82. The minimum atomic E-state index is -1.00. The SMILES string of the molecule is CCC(C)[C@H](NC(=O)NCCc1ccccc1)C(=O)O. The van der Waals surface area contributed by atoms with Gasteiger partial charge in [-0.05, 0) is 17.9 Å². The lowest BCUT2D eigenvalue weighted by atomic mass is 9.99. The van der Waals surface area contributed by atoms with Gasteiger partial charge in [-0.25, -0.2) is 9.59 Å². The van der Waals surface area contributed by atoms with E-state index >= 15 is 0 Å². The number of carbonyl (C=O) groups excluding carboxylic acids is 1. The van der Waals surface area contributed by atoms with Gasteiger partial charge in [-0.15, -0.1) is 0 Å². The lowest BCUT2D eigenvalue weighted by Crippen LogP contribution is -2.49. The standard InChI is InChI=1S/C15H22N2O3/c1-3-11(2)13(14(18)19)17-15(20)16-10-9-12-7-5-4-6-8-12/h4-8,11,13H,3,9-10H2,1-2H3,(H,18,19)(H2,16,17,20)/t11?,13-/m0/s1. The molecule has 0 heterocycles. The van der Waals surface area contributed by atoms with Crippen LogP contribution in [0.2, 0.25) is 0 Å². The van der Waals surface area contributed by atoms with Crippen molar-refractivity contribution in [3.05, 3.63) is 35.9 Å². The summed E-state index contributed by atoms with van der Waals surface area (Å²) in [4.78, 5) is 22.8. The third-order valence-electron chi connectivity index (χ3n) is 3.31. The molecule has 1 aromatic carbocycles. The molecule has 0 aliphatic heterocycles. The van der Waals surface area contributed by atoms with Crippen LogP contribution in [0, 0.1) is 5.92 Å². The van der Waals surface area contributed by atoms with E-state index in [1.54, 1.807) is 0 Å². The van der Waals surface area contributed by atoms with Gasteiger partial charge in [-0.2, -0.15) is 0 Å². The molecule has 0 fully saturated rings. The van der Waals surface area contributed by atoms with E-state index in [1.165, 1.54) is 0 Å². The number of carboxylic acid groups (broad SMARTS) is 1. The molecule has 1 unspecified atom stereocenters. The van der Waals surface area contributed by atoms with Crippen molar-refractivity contribution in [2.45, 2.75) is 32.7 Å². The summed E-state index contributed by atoms with van der Waals surface area (Å²) in [7, 11) is 0. The van der Waals surface area contributed by atoms with Crippen LogP contribution in [0.1, 0.15) is 25.8 Å².